The Morgan fingerprint density at radius 1 is 1.17 bits per heavy atom. The molecule has 7 heteroatoms. The van der Waals surface area contributed by atoms with Crippen LogP contribution in [0, 0.1) is 11.3 Å². The average Bonchev–Trinajstić information content (AvgIpc) is 2.63. The molecule has 2 aromatic heterocycles. The van der Waals surface area contributed by atoms with Crippen LogP contribution in [0.4, 0.5) is 11.5 Å². The zero-order valence-corrected chi connectivity index (χ0v) is 12.4. The molecule has 0 aliphatic carbocycles. The summed E-state index contributed by atoms with van der Waals surface area (Å²) in [5.74, 6) is -0.771. The highest BCUT2D eigenvalue weighted by Gasteiger charge is 2.16. The molecule has 1 radical (unpaired) electrons. The third kappa shape index (κ3) is 3.03. The van der Waals surface area contributed by atoms with Gasteiger partial charge in [-0.15, -0.1) is 0 Å². The molecule has 2 heterocycles. The first-order valence-electron chi connectivity index (χ1n) is 6.98. The standard InChI is InChI=1S/C17H11N6O/c18-8-11-9-20-7-6-13(11)14-10-21-16(19)15(23-14)17(24)22-12-4-2-1-3-5-12/h1-7,9-10,19H,(H,22,24). The summed E-state index contributed by atoms with van der Waals surface area (Å²) >= 11 is 0. The Bertz CT molecular complexity index is 933. The largest absolute Gasteiger partial charge is 0.321 e. The van der Waals surface area contributed by atoms with Gasteiger partial charge in [-0.3, -0.25) is 15.5 Å². The van der Waals surface area contributed by atoms with E-state index in [0.29, 0.717) is 22.5 Å². The number of benzene rings is 1. The van der Waals surface area contributed by atoms with Gasteiger partial charge in [-0.05, 0) is 18.2 Å². The molecule has 0 spiro atoms. The molecule has 1 amide bonds. The first kappa shape index (κ1) is 15.1. The van der Waals surface area contributed by atoms with Gasteiger partial charge in [0.05, 0.1) is 17.5 Å². The Morgan fingerprint density at radius 3 is 2.71 bits per heavy atom. The van der Waals surface area contributed by atoms with E-state index >= 15 is 0 Å². The molecule has 0 saturated heterocycles. The summed E-state index contributed by atoms with van der Waals surface area (Å²) in [5, 5.41) is 11.8. The van der Waals surface area contributed by atoms with Gasteiger partial charge in [0.1, 0.15) is 6.07 Å². The number of carbonyl (C=O) groups is 1. The molecule has 0 aliphatic heterocycles. The predicted octanol–water partition coefficient (Wildman–Crippen LogP) is 2.58. The van der Waals surface area contributed by atoms with E-state index in [0.717, 1.165) is 0 Å². The van der Waals surface area contributed by atoms with E-state index in [2.05, 4.69) is 20.3 Å². The number of hydrogen-bond acceptors (Lipinski definition) is 5. The lowest BCUT2D eigenvalue weighted by molar-refractivity contribution is 0.102. The number of amides is 1. The Hall–Kier alpha value is -3.79. The van der Waals surface area contributed by atoms with Gasteiger partial charge in [-0.25, -0.2) is 9.97 Å². The molecule has 2 N–H and O–H groups in total. The maximum absolute atomic E-state index is 12.4. The third-order valence-corrected chi connectivity index (χ3v) is 3.24. The van der Waals surface area contributed by atoms with E-state index in [1.165, 1.54) is 18.6 Å². The topological polar surface area (TPSA) is 115 Å². The van der Waals surface area contributed by atoms with E-state index in [9.17, 15) is 4.79 Å². The highest BCUT2D eigenvalue weighted by Crippen LogP contribution is 2.22. The molecule has 3 rings (SSSR count). The Labute approximate surface area is 137 Å². The van der Waals surface area contributed by atoms with Gasteiger partial charge < -0.3 is 5.32 Å². The summed E-state index contributed by atoms with van der Waals surface area (Å²) in [6, 6.07) is 12.5. The number of pyridine rings is 1. The number of para-hydroxylation sites is 1. The fourth-order valence-electron chi connectivity index (χ4n) is 2.10. The van der Waals surface area contributed by atoms with Crippen molar-refractivity contribution < 1.29 is 4.79 Å². The van der Waals surface area contributed by atoms with Crippen molar-refractivity contribution in [2.45, 2.75) is 0 Å². The van der Waals surface area contributed by atoms with Gasteiger partial charge in [0.15, 0.2) is 11.5 Å². The first-order chi connectivity index (χ1) is 11.7. The second kappa shape index (κ2) is 6.54. The fourth-order valence-corrected chi connectivity index (χ4v) is 2.10. The monoisotopic (exact) mass is 315 g/mol. The van der Waals surface area contributed by atoms with Gasteiger partial charge in [0.25, 0.3) is 5.91 Å². The minimum absolute atomic E-state index is 0.114. The molecule has 7 nitrogen and oxygen atoms in total. The summed E-state index contributed by atoms with van der Waals surface area (Å²) in [6.45, 7) is 0. The SMILES string of the molecule is N#Cc1cnccc1-c1cnc([NH])c(C(=O)Nc2ccccc2)n1. The molecule has 3 aromatic rings. The van der Waals surface area contributed by atoms with E-state index in [4.69, 9.17) is 11.0 Å². The molecule has 0 bridgehead atoms. The van der Waals surface area contributed by atoms with Crippen LogP contribution in [0.25, 0.3) is 11.3 Å². The molecule has 0 saturated carbocycles. The smallest absolute Gasteiger partial charge is 0.278 e. The van der Waals surface area contributed by atoms with Crippen LogP contribution in [0.2, 0.25) is 0 Å². The minimum Gasteiger partial charge on any atom is -0.321 e. The number of nitrogens with one attached hydrogen (secondary N) is 2. The zero-order valence-electron chi connectivity index (χ0n) is 12.4. The van der Waals surface area contributed by atoms with Crippen molar-refractivity contribution in [2.24, 2.45) is 0 Å². The summed E-state index contributed by atoms with van der Waals surface area (Å²) < 4.78 is 0. The number of hydrogen-bond donors (Lipinski definition) is 1. The number of rotatable bonds is 3. The number of anilines is 1. The third-order valence-electron chi connectivity index (χ3n) is 3.24. The van der Waals surface area contributed by atoms with Crippen LogP contribution in [0.5, 0.6) is 0 Å². The maximum atomic E-state index is 12.4. The fraction of sp³-hybridized carbons (Fsp3) is 0. The van der Waals surface area contributed by atoms with Gasteiger partial charge in [0, 0.05) is 23.6 Å². The van der Waals surface area contributed by atoms with E-state index in [-0.39, 0.29) is 11.5 Å². The van der Waals surface area contributed by atoms with Crippen LogP contribution in [0.1, 0.15) is 16.1 Å². The van der Waals surface area contributed by atoms with Gasteiger partial charge in [-0.2, -0.15) is 5.26 Å². The summed E-state index contributed by atoms with van der Waals surface area (Å²) in [4.78, 5) is 24.4. The van der Waals surface area contributed by atoms with Crippen molar-refractivity contribution in [1.82, 2.24) is 20.7 Å². The van der Waals surface area contributed by atoms with E-state index in [1.54, 1.807) is 30.3 Å². The number of carbonyl (C=O) groups excluding carboxylic acids is 1. The lowest BCUT2D eigenvalue weighted by Crippen LogP contribution is -2.15. The lowest BCUT2D eigenvalue weighted by atomic mass is 10.1. The molecule has 0 atom stereocenters. The van der Waals surface area contributed by atoms with Crippen LogP contribution in [0.3, 0.4) is 0 Å². The van der Waals surface area contributed by atoms with Gasteiger partial charge in [0.2, 0.25) is 0 Å². The summed E-state index contributed by atoms with van der Waals surface area (Å²) in [7, 11) is 0. The molecular formula is C17H11N6O. The van der Waals surface area contributed by atoms with Crippen LogP contribution in [-0.4, -0.2) is 20.9 Å². The zero-order chi connectivity index (χ0) is 16.9. The Balaban J connectivity index is 1.98. The molecular weight excluding hydrogens is 304 g/mol. The predicted molar refractivity (Wildman–Crippen MR) is 87.1 cm³/mol. The van der Waals surface area contributed by atoms with Crippen molar-refractivity contribution >= 4 is 17.4 Å². The number of nitrogens with zero attached hydrogens (tertiary/aromatic N) is 4. The molecule has 24 heavy (non-hydrogen) atoms. The highest BCUT2D eigenvalue weighted by atomic mass is 16.1. The molecule has 0 fully saturated rings. The number of aromatic nitrogens is 3. The van der Waals surface area contributed by atoms with Crippen molar-refractivity contribution in [2.75, 3.05) is 5.32 Å². The van der Waals surface area contributed by atoms with Crippen LogP contribution >= 0.6 is 0 Å². The van der Waals surface area contributed by atoms with Crippen molar-refractivity contribution in [3.05, 3.63) is 66.2 Å². The van der Waals surface area contributed by atoms with Crippen LogP contribution in [-0.2, 0) is 0 Å². The van der Waals surface area contributed by atoms with Gasteiger partial charge in [-0.1, -0.05) is 18.2 Å². The lowest BCUT2D eigenvalue weighted by Gasteiger charge is -2.08. The number of nitriles is 1. The summed E-state index contributed by atoms with van der Waals surface area (Å²) in [6.07, 6.45) is 4.29. The molecule has 0 unspecified atom stereocenters. The van der Waals surface area contributed by atoms with Crippen LogP contribution in [0.15, 0.2) is 55.0 Å². The summed E-state index contributed by atoms with van der Waals surface area (Å²) in [5.41, 5.74) is 9.46. The highest BCUT2D eigenvalue weighted by molar-refractivity contribution is 6.05. The van der Waals surface area contributed by atoms with Crippen molar-refractivity contribution in [3.63, 3.8) is 0 Å². The van der Waals surface area contributed by atoms with Crippen molar-refractivity contribution in [3.8, 4) is 17.3 Å². The Morgan fingerprint density at radius 2 is 1.96 bits per heavy atom. The first-order valence-corrected chi connectivity index (χ1v) is 6.98. The van der Waals surface area contributed by atoms with Crippen LogP contribution < -0.4 is 11.1 Å². The normalized spacial score (nSPS) is 9.96. The van der Waals surface area contributed by atoms with E-state index < -0.39 is 5.91 Å². The second-order valence-electron chi connectivity index (χ2n) is 4.81. The second-order valence-corrected chi connectivity index (χ2v) is 4.81. The maximum Gasteiger partial charge on any atom is 0.278 e. The molecule has 0 aliphatic rings. The minimum atomic E-state index is -0.534. The molecule has 115 valence electrons. The van der Waals surface area contributed by atoms with Gasteiger partial charge >= 0.3 is 0 Å². The molecule has 1 aromatic carbocycles. The van der Waals surface area contributed by atoms with Crippen molar-refractivity contribution in [1.29, 1.82) is 5.26 Å². The quantitative estimate of drug-likeness (QED) is 0.797. The van der Waals surface area contributed by atoms with E-state index in [1.807, 2.05) is 12.1 Å². The Kier molecular flexibility index (Phi) is 4.12. The average molecular weight is 315 g/mol.